The standard InChI is InChI=1S/C30H40N6O5/c1-5-7-13-36-28-23(14-21(16-25(28)31)27(10-6-2)33-40-19(3)37)24-15-22(17-26(32)29(24)36)30(34-41-20(4)38)39-18-35-11-8-9-12-35/h14-17H,5-13,18,31-32H2,1-4H3/b33-27+,34-30-. The summed E-state index contributed by atoms with van der Waals surface area (Å²) in [4.78, 5) is 35.3. The molecule has 2 aromatic carbocycles. The summed E-state index contributed by atoms with van der Waals surface area (Å²) < 4.78 is 8.22. The van der Waals surface area contributed by atoms with Crippen LogP contribution in [0, 0.1) is 0 Å². The van der Waals surface area contributed by atoms with Gasteiger partial charge in [0, 0.05) is 55.4 Å². The quantitative estimate of drug-likeness (QED) is 0.107. The number of nitrogens with zero attached hydrogens (tertiary/aromatic N) is 4. The van der Waals surface area contributed by atoms with Crippen molar-refractivity contribution in [3.05, 3.63) is 35.4 Å². The van der Waals surface area contributed by atoms with Crippen LogP contribution in [0.2, 0.25) is 0 Å². The molecule has 2 heterocycles. The average Bonchev–Trinajstić information content (AvgIpc) is 3.56. The van der Waals surface area contributed by atoms with Crippen molar-refractivity contribution in [1.82, 2.24) is 9.47 Å². The third-order valence-corrected chi connectivity index (χ3v) is 7.04. The summed E-state index contributed by atoms with van der Waals surface area (Å²) in [5, 5.41) is 9.88. The van der Waals surface area contributed by atoms with Crippen LogP contribution in [0.3, 0.4) is 0 Å². The molecule has 0 amide bonds. The van der Waals surface area contributed by atoms with Gasteiger partial charge in [0.15, 0.2) is 0 Å². The Morgan fingerprint density at radius 3 is 2.02 bits per heavy atom. The molecule has 0 bridgehead atoms. The van der Waals surface area contributed by atoms with E-state index in [0.29, 0.717) is 35.8 Å². The van der Waals surface area contributed by atoms with Gasteiger partial charge in [-0.25, -0.2) is 9.59 Å². The summed E-state index contributed by atoms with van der Waals surface area (Å²) in [7, 11) is 0. The largest absolute Gasteiger partial charge is 0.459 e. The maximum atomic E-state index is 11.6. The minimum atomic E-state index is -0.551. The number of nitrogens with two attached hydrogens (primary N) is 2. The van der Waals surface area contributed by atoms with Gasteiger partial charge in [-0.05, 0) is 55.1 Å². The van der Waals surface area contributed by atoms with Crippen LogP contribution < -0.4 is 11.5 Å². The van der Waals surface area contributed by atoms with Crippen LogP contribution in [-0.2, 0) is 30.5 Å². The lowest BCUT2D eigenvalue weighted by Crippen LogP contribution is -2.25. The number of hydrogen-bond acceptors (Lipinski definition) is 10. The summed E-state index contributed by atoms with van der Waals surface area (Å²) in [6, 6.07) is 7.60. The third-order valence-electron chi connectivity index (χ3n) is 7.04. The molecule has 4 rings (SSSR count). The second-order valence-corrected chi connectivity index (χ2v) is 10.4. The Labute approximate surface area is 240 Å². The van der Waals surface area contributed by atoms with Crippen LogP contribution >= 0.6 is 0 Å². The van der Waals surface area contributed by atoms with Crippen molar-refractivity contribution in [2.75, 3.05) is 31.3 Å². The molecule has 0 radical (unpaired) electrons. The number of ether oxygens (including phenoxy) is 1. The van der Waals surface area contributed by atoms with Gasteiger partial charge in [0.2, 0.25) is 0 Å². The molecule has 220 valence electrons. The van der Waals surface area contributed by atoms with Gasteiger partial charge in [-0.3, -0.25) is 4.90 Å². The zero-order chi connectivity index (χ0) is 29.5. The van der Waals surface area contributed by atoms with Crippen molar-refractivity contribution < 1.29 is 24.0 Å². The van der Waals surface area contributed by atoms with Crippen molar-refractivity contribution in [2.24, 2.45) is 10.3 Å². The number of nitrogen functional groups attached to an aromatic ring is 2. The van der Waals surface area contributed by atoms with Crippen LogP contribution in [0.4, 0.5) is 11.4 Å². The number of benzene rings is 2. The monoisotopic (exact) mass is 564 g/mol. The molecule has 41 heavy (non-hydrogen) atoms. The zero-order valence-corrected chi connectivity index (χ0v) is 24.4. The summed E-state index contributed by atoms with van der Waals surface area (Å²) in [5.41, 5.74) is 18.2. The van der Waals surface area contributed by atoms with Gasteiger partial charge in [0.05, 0.1) is 28.1 Å². The maximum Gasteiger partial charge on any atom is 0.332 e. The molecule has 1 aliphatic rings. The molecule has 3 aromatic rings. The summed E-state index contributed by atoms with van der Waals surface area (Å²) in [6.45, 7) is 9.68. The molecular formula is C30H40N6O5. The van der Waals surface area contributed by atoms with Gasteiger partial charge < -0.3 is 30.4 Å². The molecule has 0 aliphatic carbocycles. The van der Waals surface area contributed by atoms with Crippen LogP contribution in [0.1, 0.15) is 77.3 Å². The van der Waals surface area contributed by atoms with Crippen LogP contribution in [0.25, 0.3) is 21.8 Å². The van der Waals surface area contributed by atoms with Crippen molar-refractivity contribution in [2.45, 2.75) is 72.8 Å². The third kappa shape index (κ3) is 6.97. The van der Waals surface area contributed by atoms with Crippen molar-refractivity contribution in [3.8, 4) is 0 Å². The Balaban J connectivity index is 1.91. The van der Waals surface area contributed by atoms with Crippen LogP contribution in [0.5, 0.6) is 0 Å². The van der Waals surface area contributed by atoms with E-state index < -0.39 is 11.9 Å². The van der Waals surface area contributed by atoms with E-state index in [0.717, 1.165) is 79.1 Å². The number of fused-ring (bicyclic) bond motifs is 3. The first-order valence-corrected chi connectivity index (χ1v) is 14.2. The fourth-order valence-electron chi connectivity index (χ4n) is 5.20. The molecule has 0 unspecified atom stereocenters. The molecule has 11 heteroatoms. The van der Waals surface area contributed by atoms with Crippen LogP contribution in [0.15, 0.2) is 34.6 Å². The number of unbranched alkanes of at least 4 members (excludes halogenated alkanes) is 1. The Kier molecular flexibility index (Phi) is 9.82. The lowest BCUT2D eigenvalue weighted by molar-refractivity contribution is -0.142. The van der Waals surface area contributed by atoms with E-state index in [2.05, 4.69) is 26.7 Å². The molecule has 0 spiro atoms. The number of oxime groups is 2. The fraction of sp³-hybridized carbons (Fsp3) is 0.467. The highest BCUT2D eigenvalue weighted by atomic mass is 16.7. The number of carbonyl (C=O) groups is 2. The number of rotatable bonds is 11. The second kappa shape index (κ2) is 13.5. The Bertz CT molecular complexity index is 1490. The van der Waals surface area contributed by atoms with E-state index in [9.17, 15) is 9.59 Å². The lowest BCUT2D eigenvalue weighted by Gasteiger charge is -2.17. The highest BCUT2D eigenvalue weighted by molar-refractivity contribution is 6.19. The molecule has 1 aromatic heterocycles. The Hall–Kier alpha value is -4.12. The van der Waals surface area contributed by atoms with Gasteiger partial charge in [0.1, 0.15) is 6.73 Å². The lowest BCUT2D eigenvalue weighted by atomic mass is 10.0. The first-order chi connectivity index (χ1) is 19.7. The van der Waals surface area contributed by atoms with Crippen molar-refractivity contribution in [1.29, 1.82) is 0 Å². The molecule has 1 saturated heterocycles. The fourth-order valence-corrected chi connectivity index (χ4v) is 5.20. The zero-order valence-electron chi connectivity index (χ0n) is 24.4. The van der Waals surface area contributed by atoms with E-state index in [1.165, 1.54) is 13.8 Å². The topological polar surface area (TPSA) is 147 Å². The summed E-state index contributed by atoms with van der Waals surface area (Å²) in [5.74, 6) is -0.873. The summed E-state index contributed by atoms with van der Waals surface area (Å²) in [6.07, 6.45) is 5.56. The van der Waals surface area contributed by atoms with Crippen molar-refractivity contribution in [3.63, 3.8) is 0 Å². The van der Waals surface area contributed by atoms with E-state index in [1.807, 2.05) is 25.1 Å². The number of likely N-dealkylation sites (tertiary alicyclic amines) is 1. The molecule has 4 N–H and O–H groups in total. The maximum absolute atomic E-state index is 11.6. The number of aromatic nitrogens is 1. The van der Waals surface area contributed by atoms with E-state index in [4.69, 9.17) is 25.9 Å². The average molecular weight is 565 g/mol. The first kappa shape index (κ1) is 29.9. The Morgan fingerprint density at radius 1 is 0.854 bits per heavy atom. The molecule has 1 aliphatic heterocycles. The molecular weight excluding hydrogens is 524 g/mol. The van der Waals surface area contributed by atoms with Gasteiger partial charge in [0.25, 0.3) is 5.90 Å². The predicted molar refractivity (Wildman–Crippen MR) is 161 cm³/mol. The minimum absolute atomic E-state index is 0.169. The molecule has 1 fully saturated rings. The highest BCUT2D eigenvalue weighted by Gasteiger charge is 2.21. The SMILES string of the molecule is CCCCn1c2c(N)cc(/C(=N/OC(C)=O)OCN3CCCC3)cc2c2cc(/C(CCC)=N/OC(C)=O)cc(N)c21. The minimum Gasteiger partial charge on any atom is -0.459 e. The Morgan fingerprint density at radius 2 is 1.44 bits per heavy atom. The summed E-state index contributed by atoms with van der Waals surface area (Å²) >= 11 is 0. The number of carbonyl (C=O) groups excluding carboxylic acids is 2. The normalized spacial score (nSPS) is 14.6. The van der Waals surface area contributed by atoms with E-state index >= 15 is 0 Å². The van der Waals surface area contributed by atoms with Gasteiger partial charge in [-0.1, -0.05) is 31.8 Å². The van der Waals surface area contributed by atoms with Gasteiger partial charge in [-0.2, -0.15) is 0 Å². The number of anilines is 2. The van der Waals surface area contributed by atoms with Gasteiger partial charge >= 0.3 is 11.9 Å². The number of aryl methyl sites for hydroxylation is 1. The second-order valence-electron chi connectivity index (χ2n) is 10.4. The van der Waals surface area contributed by atoms with Crippen LogP contribution in [-0.4, -0.2) is 52.8 Å². The van der Waals surface area contributed by atoms with E-state index in [1.54, 1.807) is 6.07 Å². The smallest absolute Gasteiger partial charge is 0.332 e. The molecule has 0 saturated carbocycles. The highest BCUT2D eigenvalue weighted by Crippen LogP contribution is 2.38. The van der Waals surface area contributed by atoms with E-state index in [-0.39, 0.29) is 5.90 Å². The predicted octanol–water partition coefficient (Wildman–Crippen LogP) is 5.12. The molecule has 0 atom stereocenters. The molecule has 11 nitrogen and oxygen atoms in total. The van der Waals surface area contributed by atoms with Gasteiger partial charge in [-0.15, -0.1) is 0 Å². The number of hydrogen-bond donors (Lipinski definition) is 2. The van der Waals surface area contributed by atoms with Crippen molar-refractivity contribution >= 4 is 56.7 Å². The first-order valence-electron chi connectivity index (χ1n) is 14.2.